The summed E-state index contributed by atoms with van der Waals surface area (Å²) in [5.74, 6) is -0.128. The van der Waals surface area contributed by atoms with Crippen LogP contribution in [0.15, 0.2) is 18.2 Å². The number of carbonyl (C=O) groups excluding carboxylic acids is 1. The minimum Gasteiger partial charge on any atom is -0.469 e. The molecule has 0 unspecified atom stereocenters. The summed E-state index contributed by atoms with van der Waals surface area (Å²) < 4.78 is 4.64. The number of methoxy groups -OCH3 is 1. The Morgan fingerprint density at radius 2 is 2.33 bits per heavy atom. The molecule has 1 heterocycles. The number of rotatable bonds is 4. The number of benzene rings is 1. The number of fused-ring (bicyclic) bond motifs is 1. The van der Waals surface area contributed by atoms with Crippen molar-refractivity contribution in [3.63, 3.8) is 0 Å². The van der Waals surface area contributed by atoms with E-state index in [1.54, 1.807) is 0 Å². The molecule has 2 N–H and O–H groups in total. The minimum atomic E-state index is -0.128. The van der Waals surface area contributed by atoms with E-state index in [2.05, 4.69) is 15.7 Å². The van der Waals surface area contributed by atoms with Crippen molar-refractivity contribution in [2.45, 2.75) is 25.8 Å². The predicted octanol–water partition coefficient (Wildman–Crippen LogP) is 1.58. The van der Waals surface area contributed by atoms with Gasteiger partial charge in [0.15, 0.2) is 0 Å². The van der Waals surface area contributed by atoms with Gasteiger partial charge in [-0.05, 0) is 36.6 Å². The fourth-order valence-corrected chi connectivity index (χ4v) is 2.44. The zero-order valence-corrected chi connectivity index (χ0v) is 10.8. The van der Waals surface area contributed by atoms with E-state index in [1.165, 1.54) is 18.2 Å². The van der Waals surface area contributed by atoms with E-state index in [0.29, 0.717) is 6.42 Å². The quantitative estimate of drug-likeness (QED) is 0.649. The van der Waals surface area contributed by atoms with E-state index >= 15 is 0 Å². The first-order chi connectivity index (χ1) is 8.70. The number of nitrogens with zero attached hydrogens (tertiary/aromatic N) is 1. The average Bonchev–Trinajstić information content (AvgIpc) is 2.38. The van der Waals surface area contributed by atoms with Gasteiger partial charge in [-0.3, -0.25) is 9.69 Å². The van der Waals surface area contributed by atoms with E-state index in [4.69, 9.17) is 5.73 Å². The van der Waals surface area contributed by atoms with Gasteiger partial charge in [0.2, 0.25) is 0 Å². The Labute approximate surface area is 108 Å². The van der Waals surface area contributed by atoms with Crippen LogP contribution in [0.5, 0.6) is 0 Å². The van der Waals surface area contributed by atoms with Gasteiger partial charge in [-0.2, -0.15) is 0 Å². The van der Waals surface area contributed by atoms with Crippen LogP contribution < -0.4 is 5.73 Å². The lowest BCUT2D eigenvalue weighted by atomic mass is 9.98. The lowest BCUT2D eigenvalue weighted by molar-refractivity contribution is -0.140. The van der Waals surface area contributed by atoms with Crippen LogP contribution >= 0.6 is 0 Å². The van der Waals surface area contributed by atoms with Crippen LogP contribution in [0, 0.1) is 0 Å². The fourth-order valence-electron chi connectivity index (χ4n) is 2.44. The Morgan fingerprint density at radius 3 is 3.11 bits per heavy atom. The van der Waals surface area contributed by atoms with Crippen molar-refractivity contribution >= 4 is 11.7 Å². The van der Waals surface area contributed by atoms with Crippen molar-refractivity contribution in [2.24, 2.45) is 0 Å². The second kappa shape index (κ2) is 5.87. The summed E-state index contributed by atoms with van der Waals surface area (Å²) in [4.78, 5) is 13.4. The van der Waals surface area contributed by atoms with Crippen LogP contribution in [0.4, 0.5) is 5.69 Å². The van der Waals surface area contributed by atoms with Crippen LogP contribution in [0.3, 0.4) is 0 Å². The molecule has 4 nitrogen and oxygen atoms in total. The molecular weight excluding hydrogens is 228 g/mol. The monoisotopic (exact) mass is 248 g/mol. The molecular formula is C14H20N2O2. The van der Waals surface area contributed by atoms with Crippen LogP contribution in [0.25, 0.3) is 0 Å². The number of ether oxygens (including phenoxy) is 1. The molecule has 0 saturated heterocycles. The Morgan fingerprint density at radius 1 is 1.50 bits per heavy atom. The highest BCUT2D eigenvalue weighted by atomic mass is 16.5. The lowest BCUT2D eigenvalue weighted by Gasteiger charge is -2.29. The molecule has 0 bridgehead atoms. The molecule has 0 aromatic heterocycles. The normalized spacial score (nSPS) is 15.2. The average molecular weight is 248 g/mol. The number of anilines is 1. The number of esters is 1. The van der Waals surface area contributed by atoms with Crippen molar-refractivity contribution < 1.29 is 9.53 Å². The summed E-state index contributed by atoms with van der Waals surface area (Å²) in [6.07, 6.45) is 2.35. The molecule has 1 aromatic rings. The molecule has 0 aliphatic carbocycles. The van der Waals surface area contributed by atoms with E-state index in [1.807, 2.05) is 12.1 Å². The number of hydrogen-bond donors (Lipinski definition) is 1. The lowest BCUT2D eigenvalue weighted by Crippen LogP contribution is -2.32. The molecule has 1 aromatic carbocycles. The molecule has 1 aliphatic heterocycles. The van der Waals surface area contributed by atoms with Crippen molar-refractivity contribution in [3.05, 3.63) is 29.3 Å². The molecule has 98 valence electrons. The third kappa shape index (κ3) is 3.01. The van der Waals surface area contributed by atoms with Gasteiger partial charge in [0.05, 0.1) is 7.11 Å². The molecule has 0 amide bonds. The number of carbonyl (C=O) groups is 1. The second-order valence-corrected chi connectivity index (χ2v) is 4.69. The standard InChI is InChI=1S/C14H20N2O2/c1-18-14(17)6-3-8-16-9-7-12-11(10-16)4-2-5-13(12)15/h2,4-5H,3,6-10,15H2,1H3. The van der Waals surface area contributed by atoms with Crippen LogP contribution in [-0.4, -0.2) is 31.1 Å². The zero-order chi connectivity index (χ0) is 13.0. The molecule has 0 fully saturated rings. The van der Waals surface area contributed by atoms with E-state index < -0.39 is 0 Å². The Bertz CT molecular complexity index is 432. The highest BCUT2D eigenvalue weighted by Crippen LogP contribution is 2.24. The van der Waals surface area contributed by atoms with Gasteiger partial charge >= 0.3 is 5.97 Å². The summed E-state index contributed by atoms with van der Waals surface area (Å²) in [7, 11) is 1.43. The summed E-state index contributed by atoms with van der Waals surface area (Å²) in [6.45, 7) is 2.88. The summed E-state index contributed by atoms with van der Waals surface area (Å²) >= 11 is 0. The second-order valence-electron chi connectivity index (χ2n) is 4.69. The predicted molar refractivity (Wildman–Crippen MR) is 71.1 cm³/mol. The maximum Gasteiger partial charge on any atom is 0.305 e. The van der Waals surface area contributed by atoms with Crippen molar-refractivity contribution in [2.75, 3.05) is 25.9 Å². The van der Waals surface area contributed by atoms with Crippen LogP contribution in [0.1, 0.15) is 24.0 Å². The van der Waals surface area contributed by atoms with Gasteiger partial charge in [0.1, 0.15) is 0 Å². The Kier molecular flexibility index (Phi) is 4.20. The third-order valence-electron chi connectivity index (χ3n) is 3.46. The van der Waals surface area contributed by atoms with Crippen LogP contribution in [0.2, 0.25) is 0 Å². The first-order valence-electron chi connectivity index (χ1n) is 6.36. The summed E-state index contributed by atoms with van der Waals surface area (Å²) in [6, 6.07) is 6.11. The molecule has 0 saturated carbocycles. The minimum absolute atomic E-state index is 0.128. The molecule has 18 heavy (non-hydrogen) atoms. The molecule has 0 radical (unpaired) electrons. The largest absolute Gasteiger partial charge is 0.469 e. The maximum absolute atomic E-state index is 11.0. The number of nitrogen functional groups attached to an aromatic ring is 1. The third-order valence-corrected chi connectivity index (χ3v) is 3.46. The highest BCUT2D eigenvalue weighted by molar-refractivity contribution is 5.69. The zero-order valence-electron chi connectivity index (χ0n) is 10.8. The van der Waals surface area contributed by atoms with Gasteiger partial charge in [-0.25, -0.2) is 0 Å². The summed E-state index contributed by atoms with van der Waals surface area (Å²) in [5, 5.41) is 0. The van der Waals surface area contributed by atoms with Gasteiger partial charge in [-0.1, -0.05) is 12.1 Å². The van der Waals surface area contributed by atoms with Crippen LogP contribution in [-0.2, 0) is 22.5 Å². The van der Waals surface area contributed by atoms with Crippen molar-refractivity contribution in [3.8, 4) is 0 Å². The van der Waals surface area contributed by atoms with E-state index in [-0.39, 0.29) is 5.97 Å². The first-order valence-corrected chi connectivity index (χ1v) is 6.36. The molecule has 0 atom stereocenters. The Balaban J connectivity index is 1.86. The molecule has 4 heteroatoms. The van der Waals surface area contributed by atoms with Crippen molar-refractivity contribution in [1.82, 2.24) is 4.90 Å². The number of hydrogen-bond acceptors (Lipinski definition) is 4. The van der Waals surface area contributed by atoms with Gasteiger partial charge in [-0.15, -0.1) is 0 Å². The smallest absolute Gasteiger partial charge is 0.305 e. The van der Waals surface area contributed by atoms with Gasteiger partial charge in [0.25, 0.3) is 0 Å². The topological polar surface area (TPSA) is 55.6 Å². The SMILES string of the molecule is COC(=O)CCCN1CCc2c(N)cccc2C1. The fraction of sp³-hybridized carbons (Fsp3) is 0.500. The first kappa shape index (κ1) is 12.9. The van der Waals surface area contributed by atoms with Gasteiger partial charge < -0.3 is 10.5 Å². The maximum atomic E-state index is 11.0. The molecule has 1 aliphatic rings. The van der Waals surface area contributed by atoms with E-state index in [0.717, 1.165) is 38.2 Å². The molecule has 2 rings (SSSR count). The highest BCUT2D eigenvalue weighted by Gasteiger charge is 2.17. The summed E-state index contributed by atoms with van der Waals surface area (Å²) in [5.41, 5.74) is 9.48. The van der Waals surface area contributed by atoms with Crippen molar-refractivity contribution in [1.29, 1.82) is 0 Å². The van der Waals surface area contributed by atoms with Gasteiger partial charge in [0, 0.05) is 25.2 Å². The number of nitrogens with two attached hydrogens (primary N) is 1. The molecule has 0 spiro atoms. The van der Waals surface area contributed by atoms with E-state index in [9.17, 15) is 4.79 Å². The Hall–Kier alpha value is -1.55.